The van der Waals surface area contributed by atoms with Gasteiger partial charge >= 0.3 is 0 Å². The van der Waals surface area contributed by atoms with Gasteiger partial charge in [0.05, 0.1) is 6.10 Å². The summed E-state index contributed by atoms with van der Waals surface area (Å²) in [5, 5.41) is 1.40. The molecule has 1 N–H and O–H groups in total. The molecule has 2 unspecified atom stereocenters. The Kier molecular flexibility index (Phi) is 5.89. The minimum Gasteiger partial charge on any atom is -0.378 e. The van der Waals surface area contributed by atoms with Crippen molar-refractivity contribution in [2.24, 2.45) is 5.92 Å². The zero-order chi connectivity index (χ0) is 17.9. The molecule has 1 fully saturated rings. The van der Waals surface area contributed by atoms with Crippen LogP contribution in [0, 0.1) is 5.92 Å². The first kappa shape index (κ1) is 18.5. The Morgan fingerprint density at radius 1 is 1.20 bits per heavy atom. The molecule has 1 aliphatic rings. The van der Waals surface area contributed by atoms with Crippen LogP contribution in [0.1, 0.15) is 77.3 Å². The average molecular weight is 342 g/mol. The maximum absolute atomic E-state index is 6.32. The summed E-state index contributed by atoms with van der Waals surface area (Å²) in [6.07, 6.45) is 11.5. The molecular weight excluding hydrogens is 306 g/mol. The van der Waals surface area contributed by atoms with Crippen molar-refractivity contribution >= 4 is 10.9 Å². The van der Waals surface area contributed by atoms with Crippen molar-refractivity contribution in [2.75, 3.05) is 6.61 Å². The van der Waals surface area contributed by atoms with Gasteiger partial charge in [0.15, 0.2) is 0 Å². The van der Waals surface area contributed by atoms with E-state index in [1.54, 1.807) is 0 Å². The zero-order valence-electron chi connectivity index (χ0n) is 16.5. The second-order valence-electron chi connectivity index (χ2n) is 8.03. The molecular formula is C23H35NO. The summed E-state index contributed by atoms with van der Waals surface area (Å²) < 4.78 is 6.32. The highest BCUT2D eigenvalue weighted by Crippen LogP contribution is 2.46. The molecule has 0 radical (unpaired) electrons. The van der Waals surface area contributed by atoms with Gasteiger partial charge in [-0.1, -0.05) is 58.2 Å². The molecule has 2 nitrogen and oxygen atoms in total. The van der Waals surface area contributed by atoms with Crippen LogP contribution in [0.25, 0.3) is 10.9 Å². The summed E-state index contributed by atoms with van der Waals surface area (Å²) in [6.45, 7) is 10.1. The molecule has 1 aromatic heterocycles. The number of nitrogens with one attached hydrogen (secondary N) is 1. The molecule has 25 heavy (non-hydrogen) atoms. The van der Waals surface area contributed by atoms with E-state index < -0.39 is 0 Å². The summed E-state index contributed by atoms with van der Waals surface area (Å²) in [6, 6.07) is 6.77. The number of para-hydroxylation sites is 1. The van der Waals surface area contributed by atoms with Crippen LogP contribution in [0.5, 0.6) is 0 Å². The van der Waals surface area contributed by atoms with E-state index in [9.17, 15) is 0 Å². The Morgan fingerprint density at radius 3 is 2.64 bits per heavy atom. The average Bonchev–Trinajstić information content (AvgIpc) is 3.10. The molecule has 1 heterocycles. The largest absolute Gasteiger partial charge is 0.378 e. The Bertz CT molecular complexity index is 682. The van der Waals surface area contributed by atoms with E-state index in [-0.39, 0.29) is 11.5 Å². The lowest BCUT2D eigenvalue weighted by Gasteiger charge is -2.44. The fraction of sp³-hybridized carbons (Fsp3) is 0.652. The van der Waals surface area contributed by atoms with Gasteiger partial charge in [0.2, 0.25) is 0 Å². The first-order chi connectivity index (χ1) is 12.1. The van der Waals surface area contributed by atoms with Gasteiger partial charge in [-0.05, 0) is 49.7 Å². The summed E-state index contributed by atoms with van der Waals surface area (Å²) in [5.74, 6) is 0.706. The van der Waals surface area contributed by atoms with Crippen molar-refractivity contribution < 1.29 is 4.74 Å². The minimum absolute atomic E-state index is 0.0696. The molecule has 0 spiro atoms. The van der Waals surface area contributed by atoms with E-state index in [1.165, 1.54) is 54.1 Å². The monoisotopic (exact) mass is 341 g/mol. The number of aryl methyl sites for hydroxylation is 1. The number of hydrogen-bond acceptors (Lipinski definition) is 1. The molecule has 0 aliphatic heterocycles. The molecule has 1 aliphatic carbocycles. The van der Waals surface area contributed by atoms with Crippen LogP contribution in [0.3, 0.4) is 0 Å². The van der Waals surface area contributed by atoms with E-state index in [0.717, 1.165) is 19.4 Å². The van der Waals surface area contributed by atoms with E-state index >= 15 is 0 Å². The van der Waals surface area contributed by atoms with Gasteiger partial charge in [0.25, 0.3) is 0 Å². The normalized spacial score (nSPS) is 19.8. The Labute approximate surface area is 153 Å². The summed E-state index contributed by atoms with van der Waals surface area (Å²) in [4.78, 5) is 3.61. The van der Waals surface area contributed by atoms with Gasteiger partial charge < -0.3 is 9.72 Å². The van der Waals surface area contributed by atoms with Gasteiger partial charge in [-0.15, -0.1) is 0 Å². The molecule has 2 aromatic rings. The fourth-order valence-electron chi connectivity index (χ4n) is 4.90. The highest BCUT2D eigenvalue weighted by atomic mass is 16.5. The lowest BCUT2D eigenvalue weighted by molar-refractivity contribution is -0.0159. The lowest BCUT2D eigenvalue weighted by Crippen LogP contribution is -2.44. The van der Waals surface area contributed by atoms with E-state index in [2.05, 4.69) is 57.1 Å². The van der Waals surface area contributed by atoms with Crippen LogP contribution in [-0.2, 0) is 16.6 Å². The first-order valence-electron chi connectivity index (χ1n) is 10.3. The zero-order valence-corrected chi connectivity index (χ0v) is 16.5. The SMILES string of the molecule is CCCOC(C)C(C)(c1c[nH]c2c(CC)cccc12)C1CCCCC1. The predicted molar refractivity (Wildman–Crippen MR) is 107 cm³/mol. The molecule has 0 saturated heterocycles. The smallest absolute Gasteiger partial charge is 0.0644 e. The predicted octanol–water partition coefficient (Wildman–Crippen LogP) is 6.38. The van der Waals surface area contributed by atoms with E-state index in [0.29, 0.717) is 5.92 Å². The molecule has 0 amide bonds. The summed E-state index contributed by atoms with van der Waals surface area (Å²) >= 11 is 0. The van der Waals surface area contributed by atoms with Crippen LogP contribution in [0.15, 0.2) is 24.4 Å². The molecule has 2 heteroatoms. The van der Waals surface area contributed by atoms with Crippen molar-refractivity contribution in [1.29, 1.82) is 0 Å². The van der Waals surface area contributed by atoms with Crippen molar-refractivity contribution in [3.05, 3.63) is 35.5 Å². The molecule has 1 aromatic carbocycles. The number of ether oxygens (including phenoxy) is 1. The van der Waals surface area contributed by atoms with Crippen LogP contribution in [-0.4, -0.2) is 17.7 Å². The lowest BCUT2D eigenvalue weighted by atomic mass is 9.63. The molecule has 3 rings (SSSR count). The number of hydrogen-bond donors (Lipinski definition) is 1. The van der Waals surface area contributed by atoms with Crippen molar-refractivity contribution in [2.45, 2.75) is 84.2 Å². The summed E-state index contributed by atoms with van der Waals surface area (Å²) in [5.41, 5.74) is 4.27. The van der Waals surface area contributed by atoms with Crippen molar-refractivity contribution in [3.8, 4) is 0 Å². The number of H-pyrrole nitrogens is 1. The topological polar surface area (TPSA) is 25.0 Å². The second kappa shape index (κ2) is 7.95. The third kappa shape index (κ3) is 3.38. The number of benzene rings is 1. The first-order valence-corrected chi connectivity index (χ1v) is 10.3. The van der Waals surface area contributed by atoms with Crippen molar-refractivity contribution in [3.63, 3.8) is 0 Å². The molecule has 0 bridgehead atoms. The second-order valence-corrected chi connectivity index (χ2v) is 8.03. The Morgan fingerprint density at radius 2 is 1.96 bits per heavy atom. The van der Waals surface area contributed by atoms with Gasteiger partial charge in [-0.25, -0.2) is 0 Å². The number of aromatic nitrogens is 1. The van der Waals surface area contributed by atoms with Gasteiger partial charge in [0.1, 0.15) is 0 Å². The van der Waals surface area contributed by atoms with E-state index in [1.807, 2.05) is 0 Å². The Balaban J connectivity index is 2.07. The maximum atomic E-state index is 6.32. The van der Waals surface area contributed by atoms with Gasteiger partial charge in [-0.3, -0.25) is 0 Å². The standard InChI is InChI=1S/C23H35NO/c1-5-15-25-17(3)23(4,19-12-8-7-9-13-19)21-16-24-22-18(6-2)11-10-14-20(21)22/h10-11,14,16-17,19,24H,5-9,12-13,15H2,1-4H3. The molecule has 1 saturated carbocycles. The van der Waals surface area contributed by atoms with Crippen LogP contribution in [0.4, 0.5) is 0 Å². The van der Waals surface area contributed by atoms with E-state index in [4.69, 9.17) is 4.74 Å². The number of fused-ring (bicyclic) bond motifs is 1. The van der Waals surface area contributed by atoms with Crippen LogP contribution in [0.2, 0.25) is 0 Å². The molecule has 2 atom stereocenters. The van der Waals surface area contributed by atoms with Gasteiger partial charge in [-0.2, -0.15) is 0 Å². The maximum Gasteiger partial charge on any atom is 0.0644 e. The molecule has 138 valence electrons. The quantitative estimate of drug-likeness (QED) is 0.620. The highest BCUT2D eigenvalue weighted by molar-refractivity contribution is 5.87. The van der Waals surface area contributed by atoms with Gasteiger partial charge in [0, 0.05) is 29.1 Å². The fourth-order valence-corrected chi connectivity index (χ4v) is 4.90. The third-order valence-corrected chi connectivity index (χ3v) is 6.63. The van der Waals surface area contributed by atoms with Crippen LogP contribution >= 0.6 is 0 Å². The Hall–Kier alpha value is -1.28. The number of rotatable bonds is 7. The third-order valence-electron chi connectivity index (χ3n) is 6.63. The highest BCUT2D eigenvalue weighted by Gasteiger charge is 2.43. The minimum atomic E-state index is 0.0696. The van der Waals surface area contributed by atoms with Crippen molar-refractivity contribution in [1.82, 2.24) is 4.98 Å². The number of aromatic amines is 1. The summed E-state index contributed by atoms with van der Waals surface area (Å²) in [7, 11) is 0. The van der Waals surface area contributed by atoms with Crippen LogP contribution < -0.4 is 0 Å².